The molecule has 0 radical (unpaired) electrons. The van der Waals surface area contributed by atoms with Crippen LogP contribution in [-0.2, 0) is 9.59 Å². The van der Waals surface area contributed by atoms with Crippen LogP contribution in [0.4, 0.5) is 0 Å². The molecule has 0 aliphatic carbocycles. The van der Waals surface area contributed by atoms with Crippen molar-refractivity contribution in [2.24, 2.45) is 0 Å². The average Bonchev–Trinajstić information content (AvgIpc) is 2.28. The van der Waals surface area contributed by atoms with Crippen molar-refractivity contribution in [1.82, 2.24) is 10.0 Å². The number of hydrogen-bond donors (Lipinski definition) is 1. The average molecular weight is 200 g/mol. The zero-order valence-electron chi connectivity index (χ0n) is 8.78. The number of amides is 1. The smallest absolute Gasteiger partial charge is 0.319 e. The molecule has 5 heteroatoms. The number of carbonyl (C=O) groups excluding carboxylic acids is 1. The van der Waals surface area contributed by atoms with Crippen molar-refractivity contribution in [2.75, 3.05) is 13.1 Å². The minimum Gasteiger partial charge on any atom is -0.480 e. The van der Waals surface area contributed by atoms with E-state index in [1.165, 1.54) is 0 Å². The van der Waals surface area contributed by atoms with E-state index in [0.29, 0.717) is 13.0 Å². The molecule has 0 unspecified atom stereocenters. The van der Waals surface area contributed by atoms with Gasteiger partial charge in [0.25, 0.3) is 0 Å². The van der Waals surface area contributed by atoms with Crippen molar-refractivity contribution in [3.05, 3.63) is 0 Å². The number of nitrogens with zero attached hydrogens (tertiary/aromatic N) is 2. The van der Waals surface area contributed by atoms with Gasteiger partial charge in [0.2, 0.25) is 5.91 Å². The number of hydrazine groups is 1. The van der Waals surface area contributed by atoms with Crippen molar-refractivity contribution < 1.29 is 14.7 Å². The Hall–Kier alpha value is -1.10. The molecule has 0 aromatic carbocycles. The molecule has 1 saturated heterocycles. The number of carboxylic acids is 1. The van der Waals surface area contributed by atoms with Crippen LogP contribution in [0.3, 0.4) is 0 Å². The molecule has 1 heterocycles. The number of rotatable bonds is 2. The summed E-state index contributed by atoms with van der Waals surface area (Å²) in [6.45, 7) is 6.08. The first-order valence-corrected chi connectivity index (χ1v) is 4.62. The van der Waals surface area contributed by atoms with Gasteiger partial charge in [-0.05, 0) is 20.8 Å². The highest BCUT2D eigenvalue weighted by molar-refractivity contribution is 5.79. The van der Waals surface area contributed by atoms with Gasteiger partial charge in [0, 0.05) is 13.0 Å². The molecule has 0 bridgehead atoms. The van der Waals surface area contributed by atoms with Gasteiger partial charge in [-0.3, -0.25) is 14.6 Å². The lowest BCUT2D eigenvalue weighted by molar-refractivity contribution is -0.155. The number of hydrogen-bond acceptors (Lipinski definition) is 3. The molecular formula is C9H16N2O3. The molecule has 0 spiro atoms. The lowest BCUT2D eigenvalue weighted by Gasteiger charge is -2.37. The molecule has 1 aliphatic heterocycles. The highest BCUT2D eigenvalue weighted by atomic mass is 16.4. The minimum atomic E-state index is -0.908. The van der Waals surface area contributed by atoms with Crippen LogP contribution in [0.2, 0.25) is 0 Å². The SMILES string of the molecule is CC(C)(C)N1C(=O)CCN1CC(=O)O. The molecule has 0 atom stereocenters. The first-order valence-electron chi connectivity index (χ1n) is 4.62. The highest BCUT2D eigenvalue weighted by Gasteiger charge is 2.37. The van der Waals surface area contributed by atoms with Gasteiger partial charge in [-0.25, -0.2) is 5.01 Å². The van der Waals surface area contributed by atoms with Crippen LogP contribution in [0.25, 0.3) is 0 Å². The standard InChI is InChI=1S/C9H16N2O3/c1-9(2,3)11-7(12)4-5-10(11)6-8(13)14/h4-6H2,1-3H3,(H,13,14). The first kappa shape index (κ1) is 11.0. The second-order valence-electron chi connectivity index (χ2n) is 4.41. The van der Waals surface area contributed by atoms with Gasteiger partial charge in [-0.1, -0.05) is 0 Å². The van der Waals surface area contributed by atoms with E-state index in [-0.39, 0.29) is 18.0 Å². The maximum Gasteiger partial charge on any atom is 0.319 e. The summed E-state index contributed by atoms with van der Waals surface area (Å²) in [6, 6.07) is 0. The van der Waals surface area contributed by atoms with Crippen molar-refractivity contribution in [1.29, 1.82) is 0 Å². The van der Waals surface area contributed by atoms with Crippen LogP contribution < -0.4 is 0 Å². The highest BCUT2D eigenvalue weighted by Crippen LogP contribution is 2.22. The lowest BCUT2D eigenvalue weighted by atomic mass is 10.1. The van der Waals surface area contributed by atoms with Gasteiger partial charge < -0.3 is 5.11 Å². The van der Waals surface area contributed by atoms with Crippen molar-refractivity contribution in [2.45, 2.75) is 32.7 Å². The third-order valence-electron chi connectivity index (χ3n) is 2.06. The molecule has 0 aromatic rings. The van der Waals surface area contributed by atoms with Crippen molar-refractivity contribution >= 4 is 11.9 Å². The van der Waals surface area contributed by atoms with E-state index in [1.54, 1.807) is 10.0 Å². The van der Waals surface area contributed by atoms with E-state index in [1.807, 2.05) is 20.8 Å². The molecule has 1 N–H and O–H groups in total. The van der Waals surface area contributed by atoms with Crippen LogP contribution in [0.1, 0.15) is 27.2 Å². The Bertz CT molecular complexity index is 257. The molecule has 14 heavy (non-hydrogen) atoms. The molecule has 5 nitrogen and oxygen atoms in total. The maximum atomic E-state index is 11.5. The lowest BCUT2D eigenvalue weighted by Crippen LogP contribution is -2.52. The van der Waals surface area contributed by atoms with Crippen LogP contribution >= 0.6 is 0 Å². The fourth-order valence-corrected chi connectivity index (χ4v) is 1.69. The third-order valence-corrected chi connectivity index (χ3v) is 2.06. The fraction of sp³-hybridized carbons (Fsp3) is 0.778. The zero-order chi connectivity index (χ0) is 10.9. The summed E-state index contributed by atoms with van der Waals surface area (Å²) in [5.74, 6) is -0.910. The predicted molar refractivity (Wildman–Crippen MR) is 50.4 cm³/mol. The minimum absolute atomic E-state index is 0.00116. The first-order chi connectivity index (χ1) is 6.32. The van der Waals surface area contributed by atoms with E-state index in [9.17, 15) is 9.59 Å². The largest absolute Gasteiger partial charge is 0.480 e. The second-order valence-corrected chi connectivity index (χ2v) is 4.41. The summed E-state index contributed by atoms with van der Waals surface area (Å²) in [5, 5.41) is 11.8. The second kappa shape index (κ2) is 3.57. The monoisotopic (exact) mass is 200 g/mol. The third kappa shape index (κ3) is 2.23. The molecule has 0 saturated carbocycles. The topological polar surface area (TPSA) is 60.9 Å². The zero-order valence-corrected chi connectivity index (χ0v) is 8.78. The number of carbonyl (C=O) groups is 2. The van der Waals surface area contributed by atoms with E-state index in [4.69, 9.17) is 5.11 Å². The molecule has 1 rings (SSSR count). The quantitative estimate of drug-likeness (QED) is 0.697. The van der Waals surface area contributed by atoms with E-state index in [2.05, 4.69) is 0 Å². The van der Waals surface area contributed by atoms with Crippen molar-refractivity contribution in [3.8, 4) is 0 Å². The van der Waals surface area contributed by atoms with Crippen LogP contribution in [0, 0.1) is 0 Å². The van der Waals surface area contributed by atoms with Crippen LogP contribution in [-0.4, -0.2) is 45.6 Å². The van der Waals surface area contributed by atoms with E-state index < -0.39 is 5.97 Å². The molecule has 80 valence electrons. The molecule has 1 aliphatic rings. The Morgan fingerprint density at radius 2 is 2.07 bits per heavy atom. The Balaban J connectivity index is 2.77. The fourth-order valence-electron chi connectivity index (χ4n) is 1.69. The normalized spacial score (nSPS) is 19.1. The summed E-state index contributed by atoms with van der Waals surface area (Å²) in [7, 11) is 0. The van der Waals surface area contributed by atoms with Gasteiger partial charge >= 0.3 is 5.97 Å². The Morgan fingerprint density at radius 1 is 1.50 bits per heavy atom. The van der Waals surface area contributed by atoms with Crippen molar-refractivity contribution in [3.63, 3.8) is 0 Å². The number of carboxylic acid groups (broad SMARTS) is 1. The Morgan fingerprint density at radius 3 is 2.50 bits per heavy atom. The molecule has 1 amide bonds. The Labute approximate surface area is 83.3 Å². The summed E-state index contributed by atoms with van der Waals surface area (Å²) in [5.41, 5.74) is -0.344. The van der Waals surface area contributed by atoms with Gasteiger partial charge in [0.15, 0.2) is 0 Å². The summed E-state index contributed by atoms with van der Waals surface area (Å²) < 4.78 is 0. The summed E-state index contributed by atoms with van der Waals surface area (Å²) in [6.07, 6.45) is 0.407. The van der Waals surface area contributed by atoms with Crippen LogP contribution in [0.15, 0.2) is 0 Å². The van der Waals surface area contributed by atoms with E-state index >= 15 is 0 Å². The molecule has 1 fully saturated rings. The predicted octanol–water partition coefficient (Wildman–Crippen LogP) is 0.319. The van der Waals surface area contributed by atoms with Gasteiger partial charge in [-0.2, -0.15) is 0 Å². The summed E-state index contributed by atoms with van der Waals surface area (Å²) in [4.78, 5) is 22.1. The van der Waals surface area contributed by atoms with Gasteiger partial charge in [0.05, 0.1) is 5.54 Å². The van der Waals surface area contributed by atoms with Crippen LogP contribution in [0.5, 0.6) is 0 Å². The molecular weight excluding hydrogens is 184 g/mol. The number of aliphatic carboxylic acids is 1. The Kier molecular flexibility index (Phi) is 2.80. The van der Waals surface area contributed by atoms with E-state index in [0.717, 1.165) is 0 Å². The van der Waals surface area contributed by atoms with Gasteiger partial charge in [-0.15, -0.1) is 0 Å². The summed E-state index contributed by atoms with van der Waals surface area (Å²) >= 11 is 0. The molecule has 0 aromatic heterocycles. The maximum absolute atomic E-state index is 11.5. The van der Waals surface area contributed by atoms with Gasteiger partial charge in [0.1, 0.15) is 6.54 Å².